The summed E-state index contributed by atoms with van der Waals surface area (Å²) in [4.78, 5) is 10.1. The number of non-ortho nitro benzene ring substituents is 1. The van der Waals surface area contributed by atoms with E-state index < -0.39 is 4.92 Å². The standard InChI is InChI=1S/C11H9N5O2/c1-7-10(6-12)11(13)15(14-7)8-2-4-9(5-3-8)16(17)18/h2-5H,13H2,1H3. The van der Waals surface area contributed by atoms with Crippen LogP contribution in [0, 0.1) is 28.4 Å². The number of hydrogen-bond donors (Lipinski definition) is 1. The lowest BCUT2D eigenvalue weighted by atomic mass is 10.2. The van der Waals surface area contributed by atoms with Gasteiger partial charge in [-0.05, 0) is 19.1 Å². The third-order valence-corrected chi connectivity index (χ3v) is 2.51. The molecule has 1 aromatic heterocycles. The van der Waals surface area contributed by atoms with Crippen LogP contribution in [0.1, 0.15) is 11.3 Å². The molecule has 18 heavy (non-hydrogen) atoms. The van der Waals surface area contributed by atoms with Crippen LogP contribution in [0.15, 0.2) is 24.3 Å². The quantitative estimate of drug-likeness (QED) is 0.635. The molecule has 0 amide bonds. The van der Waals surface area contributed by atoms with Crippen LogP contribution in [-0.4, -0.2) is 14.7 Å². The van der Waals surface area contributed by atoms with Crippen LogP contribution in [0.3, 0.4) is 0 Å². The molecule has 0 aliphatic carbocycles. The summed E-state index contributed by atoms with van der Waals surface area (Å²) in [5, 5.41) is 23.6. The second-order valence-electron chi connectivity index (χ2n) is 3.64. The number of nitriles is 1. The number of nitrogens with two attached hydrogens (primary N) is 1. The van der Waals surface area contributed by atoms with Crippen LogP contribution >= 0.6 is 0 Å². The molecule has 1 heterocycles. The molecule has 2 N–H and O–H groups in total. The lowest BCUT2D eigenvalue weighted by Gasteiger charge is -2.03. The molecule has 2 rings (SSSR count). The van der Waals surface area contributed by atoms with Gasteiger partial charge in [0.1, 0.15) is 17.5 Å². The predicted octanol–water partition coefficient (Wildman–Crippen LogP) is 1.54. The van der Waals surface area contributed by atoms with Crippen molar-refractivity contribution >= 4 is 11.5 Å². The topological polar surface area (TPSA) is 111 Å². The van der Waals surface area contributed by atoms with Gasteiger partial charge in [-0.3, -0.25) is 10.1 Å². The minimum atomic E-state index is -0.484. The fourth-order valence-electron chi connectivity index (χ4n) is 1.60. The van der Waals surface area contributed by atoms with Gasteiger partial charge < -0.3 is 5.73 Å². The van der Waals surface area contributed by atoms with E-state index in [1.165, 1.54) is 28.9 Å². The molecule has 0 saturated carbocycles. The summed E-state index contributed by atoms with van der Waals surface area (Å²) >= 11 is 0. The summed E-state index contributed by atoms with van der Waals surface area (Å²) in [7, 11) is 0. The first-order chi connectivity index (χ1) is 8.54. The Morgan fingerprint density at radius 3 is 2.50 bits per heavy atom. The van der Waals surface area contributed by atoms with Crippen molar-refractivity contribution in [1.29, 1.82) is 5.26 Å². The fraction of sp³-hybridized carbons (Fsp3) is 0.0909. The van der Waals surface area contributed by atoms with Gasteiger partial charge in [-0.1, -0.05) is 0 Å². The number of nitrogens with zero attached hydrogens (tertiary/aromatic N) is 4. The van der Waals surface area contributed by atoms with E-state index in [0.717, 1.165) is 0 Å². The summed E-state index contributed by atoms with van der Waals surface area (Å²) < 4.78 is 1.39. The van der Waals surface area contributed by atoms with Gasteiger partial charge >= 0.3 is 0 Å². The summed E-state index contributed by atoms with van der Waals surface area (Å²) in [5.74, 6) is 0.226. The second-order valence-corrected chi connectivity index (χ2v) is 3.64. The van der Waals surface area contributed by atoms with Crippen molar-refractivity contribution in [2.24, 2.45) is 0 Å². The molecule has 0 unspecified atom stereocenters. The van der Waals surface area contributed by atoms with Gasteiger partial charge in [0.05, 0.1) is 16.3 Å². The van der Waals surface area contributed by atoms with E-state index >= 15 is 0 Å². The number of benzene rings is 1. The zero-order valence-electron chi connectivity index (χ0n) is 9.49. The summed E-state index contributed by atoms with van der Waals surface area (Å²) in [6.07, 6.45) is 0. The average Bonchev–Trinajstić information content (AvgIpc) is 2.64. The molecular weight excluding hydrogens is 234 g/mol. The van der Waals surface area contributed by atoms with E-state index in [-0.39, 0.29) is 11.5 Å². The first-order valence-electron chi connectivity index (χ1n) is 5.04. The number of nitro benzene ring substituents is 1. The SMILES string of the molecule is Cc1nn(-c2ccc([N+](=O)[O-])cc2)c(N)c1C#N. The molecule has 0 saturated heterocycles. The lowest BCUT2D eigenvalue weighted by Crippen LogP contribution is -2.02. The molecule has 7 nitrogen and oxygen atoms in total. The van der Waals surface area contributed by atoms with Crippen LogP contribution in [-0.2, 0) is 0 Å². The van der Waals surface area contributed by atoms with Gasteiger partial charge in [0.15, 0.2) is 0 Å². The van der Waals surface area contributed by atoms with Crippen molar-refractivity contribution in [3.8, 4) is 11.8 Å². The number of anilines is 1. The Morgan fingerprint density at radius 1 is 1.44 bits per heavy atom. The minimum absolute atomic E-state index is 0.0123. The Bertz CT molecular complexity index is 651. The van der Waals surface area contributed by atoms with E-state index in [4.69, 9.17) is 11.0 Å². The highest BCUT2D eigenvalue weighted by Crippen LogP contribution is 2.21. The van der Waals surface area contributed by atoms with Crippen molar-refractivity contribution in [2.45, 2.75) is 6.92 Å². The first-order valence-corrected chi connectivity index (χ1v) is 5.04. The Labute approximate surface area is 102 Å². The fourth-order valence-corrected chi connectivity index (χ4v) is 1.60. The average molecular weight is 243 g/mol. The van der Waals surface area contributed by atoms with Crippen LogP contribution < -0.4 is 5.73 Å². The number of nitrogen functional groups attached to an aromatic ring is 1. The highest BCUT2D eigenvalue weighted by atomic mass is 16.6. The monoisotopic (exact) mass is 243 g/mol. The van der Waals surface area contributed by atoms with Crippen molar-refractivity contribution < 1.29 is 4.92 Å². The summed E-state index contributed by atoms with van der Waals surface area (Å²) in [6.45, 7) is 1.68. The molecule has 0 radical (unpaired) electrons. The largest absolute Gasteiger partial charge is 0.382 e. The summed E-state index contributed by atoms with van der Waals surface area (Å²) in [5.41, 5.74) is 7.18. The lowest BCUT2D eigenvalue weighted by molar-refractivity contribution is -0.384. The number of aryl methyl sites for hydroxylation is 1. The molecule has 0 aliphatic heterocycles. The summed E-state index contributed by atoms with van der Waals surface area (Å²) in [6, 6.07) is 7.74. The van der Waals surface area contributed by atoms with Crippen LogP contribution in [0.4, 0.5) is 11.5 Å². The normalized spacial score (nSPS) is 10.0. The Hall–Kier alpha value is -2.88. The van der Waals surface area contributed by atoms with Gasteiger partial charge in [0.2, 0.25) is 0 Å². The number of rotatable bonds is 2. The van der Waals surface area contributed by atoms with E-state index in [0.29, 0.717) is 16.9 Å². The van der Waals surface area contributed by atoms with E-state index in [9.17, 15) is 10.1 Å². The molecule has 0 atom stereocenters. The van der Waals surface area contributed by atoms with Crippen molar-refractivity contribution in [2.75, 3.05) is 5.73 Å². The van der Waals surface area contributed by atoms with Gasteiger partial charge in [-0.25, -0.2) is 4.68 Å². The molecule has 0 bridgehead atoms. The highest BCUT2D eigenvalue weighted by molar-refractivity contribution is 5.56. The second kappa shape index (κ2) is 4.18. The van der Waals surface area contributed by atoms with Crippen LogP contribution in [0.2, 0.25) is 0 Å². The van der Waals surface area contributed by atoms with Crippen molar-refractivity contribution in [3.63, 3.8) is 0 Å². The van der Waals surface area contributed by atoms with E-state index in [1.807, 2.05) is 6.07 Å². The smallest absolute Gasteiger partial charge is 0.269 e. The number of nitro groups is 1. The van der Waals surface area contributed by atoms with Crippen LogP contribution in [0.5, 0.6) is 0 Å². The van der Waals surface area contributed by atoms with Crippen molar-refractivity contribution in [3.05, 3.63) is 45.6 Å². The first kappa shape index (κ1) is 11.6. The maximum Gasteiger partial charge on any atom is 0.269 e. The van der Waals surface area contributed by atoms with E-state index in [1.54, 1.807) is 6.92 Å². The van der Waals surface area contributed by atoms with Crippen molar-refractivity contribution in [1.82, 2.24) is 9.78 Å². The number of aromatic nitrogens is 2. The molecule has 1 aromatic carbocycles. The third kappa shape index (κ3) is 1.76. The molecular formula is C11H9N5O2. The maximum atomic E-state index is 10.5. The molecule has 2 aromatic rings. The highest BCUT2D eigenvalue weighted by Gasteiger charge is 2.14. The predicted molar refractivity (Wildman–Crippen MR) is 64.1 cm³/mol. The Kier molecular flexibility index (Phi) is 2.69. The molecule has 90 valence electrons. The van der Waals surface area contributed by atoms with Gasteiger partial charge in [-0.15, -0.1) is 0 Å². The number of hydrogen-bond acceptors (Lipinski definition) is 5. The van der Waals surface area contributed by atoms with Crippen LogP contribution in [0.25, 0.3) is 5.69 Å². The zero-order chi connectivity index (χ0) is 13.3. The molecule has 0 spiro atoms. The van der Waals surface area contributed by atoms with Gasteiger partial charge in [-0.2, -0.15) is 10.4 Å². The molecule has 0 fully saturated rings. The van der Waals surface area contributed by atoms with Gasteiger partial charge in [0.25, 0.3) is 5.69 Å². The molecule has 7 heteroatoms. The molecule has 0 aliphatic rings. The Balaban J connectivity index is 2.50. The Morgan fingerprint density at radius 2 is 2.06 bits per heavy atom. The third-order valence-electron chi connectivity index (χ3n) is 2.51. The minimum Gasteiger partial charge on any atom is -0.382 e. The zero-order valence-corrected chi connectivity index (χ0v) is 9.49. The van der Waals surface area contributed by atoms with Gasteiger partial charge in [0, 0.05) is 12.1 Å². The van der Waals surface area contributed by atoms with E-state index in [2.05, 4.69) is 5.10 Å². The maximum absolute atomic E-state index is 10.5.